The Morgan fingerprint density at radius 2 is 2.31 bits per heavy atom. The van der Waals surface area contributed by atoms with Gasteiger partial charge in [-0.2, -0.15) is 4.98 Å². The maximum Gasteiger partial charge on any atom is 0.213 e. The van der Waals surface area contributed by atoms with Crippen LogP contribution in [0.5, 0.6) is 5.75 Å². The summed E-state index contributed by atoms with van der Waals surface area (Å²) in [6.45, 7) is 0.738. The van der Waals surface area contributed by atoms with Gasteiger partial charge in [0.15, 0.2) is 6.61 Å². The smallest absolute Gasteiger partial charge is 0.213 e. The zero-order valence-corrected chi connectivity index (χ0v) is 9.98. The van der Waals surface area contributed by atoms with E-state index in [-0.39, 0.29) is 6.61 Å². The average Bonchev–Trinajstić information content (AvgIpc) is 2.81. The molecule has 16 heavy (non-hydrogen) atoms. The van der Waals surface area contributed by atoms with Crippen LogP contribution in [0.4, 0.5) is 0 Å². The van der Waals surface area contributed by atoms with Gasteiger partial charge in [-0.3, -0.25) is 0 Å². The minimum absolute atomic E-state index is 0.280. The number of hydrogen-bond donors (Lipinski definition) is 1. The Labute approximate surface area is 101 Å². The van der Waals surface area contributed by atoms with E-state index in [9.17, 15) is 0 Å². The predicted molar refractivity (Wildman–Crippen MR) is 60.7 cm³/mol. The molecule has 1 heterocycles. The minimum atomic E-state index is 0.280. The van der Waals surface area contributed by atoms with E-state index in [2.05, 4.69) is 30.6 Å². The third-order valence-electron chi connectivity index (χ3n) is 2.01. The molecular formula is C10H10BrN3O2. The van der Waals surface area contributed by atoms with E-state index in [1.165, 1.54) is 6.39 Å². The summed E-state index contributed by atoms with van der Waals surface area (Å²) in [4.78, 5) is 3.85. The van der Waals surface area contributed by atoms with Crippen molar-refractivity contribution in [2.24, 2.45) is 5.73 Å². The van der Waals surface area contributed by atoms with Gasteiger partial charge in [0.1, 0.15) is 5.75 Å². The highest BCUT2D eigenvalue weighted by molar-refractivity contribution is 9.10. The molecule has 0 atom stereocenters. The highest BCUT2D eigenvalue weighted by Gasteiger charge is 2.03. The Morgan fingerprint density at radius 3 is 3.00 bits per heavy atom. The largest absolute Gasteiger partial charge is 0.485 e. The third kappa shape index (κ3) is 2.59. The minimum Gasteiger partial charge on any atom is -0.485 e. The van der Waals surface area contributed by atoms with Gasteiger partial charge >= 0.3 is 0 Å². The first-order chi connectivity index (χ1) is 7.79. The fourth-order valence-corrected chi connectivity index (χ4v) is 1.61. The summed E-state index contributed by atoms with van der Waals surface area (Å²) in [5.41, 5.74) is 6.58. The van der Waals surface area contributed by atoms with E-state index in [1.54, 1.807) is 0 Å². The first kappa shape index (κ1) is 11.1. The van der Waals surface area contributed by atoms with Crippen molar-refractivity contribution in [1.82, 2.24) is 10.1 Å². The molecule has 0 fully saturated rings. The molecular weight excluding hydrogens is 274 g/mol. The van der Waals surface area contributed by atoms with Gasteiger partial charge in [0, 0.05) is 11.0 Å². The lowest BCUT2D eigenvalue weighted by Crippen LogP contribution is -2.00. The summed E-state index contributed by atoms with van der Waals surface area (Å²) >= 11 is 3.41. The Hall–Kier alpha value is -1.40. The second kappa shape index (κ2) is 5.09. The van der Waals surface area contributed by atoms with Gasteiger partial charge in [-0.1, -0.05) is 21.1 Å². The summed E-state index contributed by atoms with van der Waals surface area (Å²) < 4.78 is 11.1. The second-order valence-corrected chi connectivity index (χ2v) is 3.95. The third-order valence-corrected chi connectivity index (χ3v) is 2.79. The Balaban J connectivity index is 2.04. The van der Waals surface area contributed by atoms with Crippen LogP contribution in [0.1, 0.15) is 11.4 Å². The SMILES string of the molecule is NCc1cc(OCc2ncon2)ccc1Br. The molecule has 0 aliphatic rings. The number of aromatic nitrogens is 2. The van der Waals surface area contributed by atoms with Crippen molar-refractivity contribution < 1.29 is 9.26 Å². The predicted octanol–water partition coefficient (Wildman–Crippen LogP) is 1.87. The Kier molecular flexibility index (Phi) is 3.53. The zero-order chi connectivity index (χ0) is 11.4. The topological polar surface area (TPSA) is 74.2 Å². The van der Waals surface area contributed by atoms with Crippen molar-refractivity contribution in [3.8, 4) is 5.75 Å². The quantitative estimate of drug-likeness (QED) is 0.927. The molecule has 2 rings (SSSR count). The van der Waals surface area contributed by atoms with Crippen LogP contribution in [0.25, 0.3) is 0 Å². The van der Waals surface area contributed by atoms with Gasteiger partial charge in [-0.05, 0) is 23.8 Å². The van der Waals surface area contributed by atoms with Crippen molar-refractivity contribution in [3.63, 3.8) is 0 Å². The van der Waals surface area contributed by atoms with Crippen LogP contribution in [-0.4, -0.2) is 10.1 Å². The number of ether oxygens (including phenoxy) is 1. The molecule has 0 spiro atoms. The number of hydrogen-bond acceptors (Lipinski definition) is 5. The number of rotatable bonds is 4. The first-order valence-corrected chi connectivity index (χ1v) is 5.45. The fourth-order valence-electron chi connectivity index (χ4n) is 1.20. The van der Waals surface area contributed by atoms with Crippen LogP contribution in [-0.2, 0) is 13.2 Å². The number of benzene rings is 1. The van der Waals surface area contributed by atoms with Gasteiger partial charge in [0.2, 0.25) is 12.2 Å². The van der Waals surface area contributed by atoms with Crippen molar-refractivity contribution in [1.29, 1.82) is 0 Å². The number of nitrogens with two attached hydrogens (primary N) is 1. The lowest BCUT2D eigenvalue weighted by atomic mass is 10.2. The maximum atomic E-state index is 5.59. The van der Waals surface area contributed by atoms with Crippen LogP contribution >= 0.6 is 15.9 Å². The summed E-state index contributed by atoms with van der Waals surface area (Å²) in [5, 5.41) is 3.65. The summed E-state index contributed by atoms with van der Waals surface area (Å²) in [6.07, 6.45) is 1.27. The Morgan fingerprint density at radius 1 is 1.44 bits per heavy atom. The lowest BCUT2D eigenvalue weighted by Gasteiger charge is -2.06. The molecule has 84 valence electrons. The van der Waals surface area contributed by atoms with Gasteiger partial charge < -0.3 is 15.0 Å². The van der Waals surface area contributed by atoms with Crippen LogP contribution < -0.4 is 10.5 Å². The molecule has 1 aromatic carbocycles. The monoisotopic (exact) mass is 283 g/mol. The van der Waals surface area contributed by atoms with E-state index in [1.807, 2.05) is 18.2 Å². The van der Waals surface area contributed by atoms with Crippen LogP contribution in [0.2, 0.25) is 0 Å². The molecule has 0 saturated carbocycles. The highest BCUT2D eigenvalue weighted by Crippen LogP contribution is 2.22. The zero-order valence-electron chi connectivity index (χ0n) is 8.39. The maximum absolute atomic E-state index is 5.59. The van der Waals surface area contributed by atoms with E-state index >= 15 is 0 Å². The normalized spacial score (nSPS) is 10.4. The Bertz CT molecular complexity index is 459. The van der Waals surface area contributed by atoms with Gasteiger partial charge in [-0.25, -0.2) is 0 Å². The molecule has 0 bridgehead atoms. The van der Waals surface area contributed by atoms with Gasteiger partial charge in [-0.15, -0.1) is 0 Å². The van der Waals surface area contributed by atoms with Crippen molar-refractivity contribution in [2.45, 2.75) is 13.2 Å². The summed E-state index contributed by atoms with van der Waals surface area (Å²) in [5.74, 6) is 1.24. The molecule has 0 aliphatic carbocycles. The molecule has 0 amide bonds. The fraction of sp³-hybridized carbons (Fsp3) is 0.200. The summed E-state index contributed by atoms with van der Waals surface area (Å²) in [6, 6.07) is 5.63. The molecule has 0 unspecified atom stereocenters. The van der Waals surface area contributed by atoms with Crippen LogP contribution in [0.3, 0.4) is 0 Å². The highest BCUT2D eigenvalue weighted by atomic mass is 79.9. The second-order valence-electron chi connectivity index (χ2n) is 3.09. The average molecular weight is 284 g/mol. The lowest BCUT2D eigenvalue weighted by molar-refractivity contribution is 0.286. The van der Waals surface area contributed by atoms with E-state index < -0.39 is 0 Å². The van der Waals surface area contributed by atoms with E-state index in [0.717, 1.165) is 15.8 Å². The molecule has 5 nitrogen and oxygen atoms in total. The number of halogens is 1. The molecule has 0 radical (unpaired) electrons. The molecule has 2 N–H and O–H groups in total. The van der Waals surface area contributed by atoms with Crippen LogP contribution in [0, 0.1) is 0 Å². The molecule has 2 aromatic rings. The van der Waals surface area contributed by atoms with E-state index in [0.29, 0.717) is 12.4 Å². The molecule has 0 saturated heterocycles. The summed E-state index contributed by atoms with van der Waals surface area (Å²) in [7, 11) is 0. The van der Waals surface area contributed by atoms with Crippen molar-refractivity contribution in [3.05, 3.63) is 40.5 Å². The van der Waals surface area contributed by atoms with Gasteiger partial charge in [0.25, 0.3) is 0 Å². The van der Waals surface area contributed by atoms with E-state index in [4.69, 9.17) is 10.5 Å². The number of nitrogens with zero attached hydrogens (tertiary/aromatic N) is 2. The molecule has 0 aliphatic heterocycles. The first-order valence-electron chi connectivity index (χ1n) is 4.66. The standard InChI is InChI=1S/C10H10BrN3O2/c11-9-2-1-8(3-7(9)4-12)15-5-10-13-6-16-14-10/h1-3,6H,4-5,12H2. The molecule has 6 heteroatoms. The van der Waals surface area contributed by atoms with Gasteiger partial charge in [0.05, 0.1) is 0 Å². The van der Waals surface area contributed by atoms with Crippen molar-refractivity contribution in [2.75, 3.05) is 0 Å². The van der Waals surface area contributed by atoms with Crippen LogP contribution in [0.15, 0.2) is 33.6 Å². The van der Waals surface area contributed by atoms with Crippen molar-refractivity contribution >= 4 is 15.9 Å². The molecule has 1 aromatic heterocycles.